The smallest absolute Gasteiger partial charge is 0.162 e. The van der Waals surface area contributed by atoms with E-state index in [4.69, 9.17) is 4.74 Å². The molecule has 0 aliphatic heterocycles. The van der Waals surface area contributed by atoms with Crippen LogP contribution < -0.4 is 4.74 Å². The Bertz CT molecular complexity index is 453. The zero-order valence-electron chi connectivity index (χ0n) is 13.4. The van der Waals surface area contributed by atoms with Crippen LogP contribution in [0.1, 0.15) is 65.1 Å². The van der Waals surface area contributed by atoms with Crippen LogP contribution in [0, 0.1) is 11.8 Å². The van der Waals surface area contributed by atoms with E-state index in [1.54, 1.807) is 13.3 Å². The fourth-order valence-corrected chi connectivity index (χ4v) is 3.41. The third-order valence-electron chi connectivity index (χ3n) is 4.62. The van der Waals surface area contributed by atoms with Crippen molar-refractivity contribution in [2.75, 3.05) is 7.11 Å². The Kier molecular flexibility index (Phi) is 4.43. The molecule has 4 heteroatoms. The predicted octanol–water partition coefficient (Wildman–Crippen LogP) is 3.51. The van der Waals surface area contributed by atoms with Crippen LogP contribution in [0.3, 0.4) is 0 Å². The van der Waals surface area contributed by atoms with Gasteiger partial charge in [0.15, 0.2) is 5.75 Å². The van der Waals surface area contributed by atoms with Gasteiger partial charge in [-0.1, -0.05) is 13.8 Å². The van der Waals surface area contributed by atoms with Gasteiger partial charge in [-0.15, -0.1) is 0 Å². The molecule has 1 fully saturated rings. The summed E-state index contributed by atoms with van der Waals surface area (Å²) in [7, 11) is 1.65. The van der Waals surface area contributed by atoms with Gasteiger partial charge in [0, 0.05) is 6.04 Å². The van der Waals surface area contributed by atoms with Gasteiger partial charge in [0.2, 0.25) is 0 Å². The molecule has 0 amide bonds. The van der Waals surface area contributed by atoms with Crippen LogP contribution in [0.4, 0.5) is 0 Å². The van der Waals surface area contributed by atoms with Gasteiger partial charge in [-0.3, -0.25) is 4.68 Å². The lowest BCUT2D eigenvalue weighted by Gasteiger charge is -2.39. The minimum absolute atomic E-state index is 0.220. The molecule has 2 atom stereocenters. The van der Waals surface area contributed by atoms with Crippen molar-refractivity contribution in [3.63, 3.8) is 0 Å². The fraction of sp³-hybridized carbons (Fsp3) is 0.812. The van der Waals surface area contributed by atoms with E-state index in [0.717, 1.165) is 25.0 Å². The Hall–Kier alpha value is -1.03. The molecule has 0 bridgehead atoms. The quantitative estimate of drug-likeness (QED) is 0.918. The van der Waals surface area contributed by atoms with Gasteiger partial charge >= 0.3 is 0 Å². The van der Waals surface area contributed by atoms with Crippen molar-refractivity contribution < 1.29 is 9.84 Å². The summed E-state index contributed by atoms with van der Waals surface area (Å²) in [6.07, 6.45) is 5.60. The monoisotopic (exact) mass is 280 g/mol. The van der Waals surface area contributed by atoms with Gasteiger partial charge in [-0.25, -0.2) is 0 Å². The second-order valence-electron chi connectivity index (χ2n) is 6.73. The molecular formula is C16H28N2O2. The molecule has 0 radical (unpaired) electrons. The van der Waals surface area contributed by atoms with Crippen LogP contribution in [0.15, 0.2) is 6.20 Å². The average Bonchev–Trinajstić information content (AvgIpc) is 2.83. The summed E-state index contributed by atoms with van der Waals surface area (Å²) in [5.74, 6) is 1.88. The first-order valence-corrected chi connectivity index (χ1v) is 7.73. The van der Waals surface area contributed by atoms with E-state index in [2.05, 4.69) is 32.8 Å². The zero-order valence-corrected chi connectivity index (χ0v) is 13.4. The minimum Gasteiger partial charge on any atom is -0.493 e. The van der Waals surface area contributed by atoms with E-state index < -0.39 is 5.60 Å². The van der Waals surface area contributed by atoms with Crippen LogP contribution >= 0.6 is 0 Å². The zero-order chi connectivity index (χ0) is 14.9. The molecule has 1 saturated carbocycles. The van der Waals surface area contributed by atoms with Crippen LogP contribution in [0.5, 0.6) is 5.75 Å². The molecule has 0 aromatic carbocycles. The van der Waals surface area contributed by atoms with Gasteiger partial charge in [-0.2, -0.15) is 5.10 Å². The molecule has 1 N–H and O–H groups in total. The molecule has 4 nitrogen and oxygen atoms in total. The maximum atomic E-state index is 11.3. The van der Waals surface area contributed by atoms with Gasteiger partial charge in [0.05, 0.1) is 13.3 Å². The molecular weight excluding hydrogens is 252 g/mol. The standard InChI is InChI=1S/C16H28N2O2/c1-11(2)13-7-6-8-16(19,9-13)15-14(20-5)10-17-18(15)12(3)4/h10-13,19H,6-9H2,1-5H3. The number of hydrogen-bond donors (Lipinski definition) is 1. The Morgan fingerprint density at radius 1 is 1.40 bits per heavy atom. The number of ether oxygens (including phenoxy) is 1. The first-order valence-electron chi connectivity index (χ1n) is 7.73. The van der Waals surface area contributed by atoms with Crippen LogP contribution in [0.2, 0.25) is 0 Å². The molecule has 0 spiro atoms. The molecule has 1 aromatic heterocycles. The fourth-order valence-electron chi connectivity index (χ4n) is 3.41. The highest BCUT2D eigenvalue weighted by Crippen LogP contribution is 2.45. The van der Waals surface area contributed by atoms with E-state index >= 15 is 0 Å². The normalized spacial score (nSPS) is 27.3. The Labute approximate surface area is 122 Å². The lowest BCUT2D eigenvalue weighted by atomic mass is 9.72. The van der Waals surface area contributed by atoms with E-state index in [9.17, 15) is 5.11 Å². The van der Waals surface area contributed by atoms with Crippen molar-refractivity contribution in [3.8, 4) is 5.75 Å². The second kappa shape index (κ2) is 5.76. The minimum atomic E-state index is -0.806. The Morgan fingerprint density at radius 3 is 2.65 bits per heavy atom. The maximum absolute atomic E-state index is 11.3. The van der Waals surface area contributed by atoms with Crippen LogP contribution in [0.25, 0.3) is 0 Å². The summed E-state index contributed by atoms with van der Waals surface area (Å²) in [5, 5.41) is 15.7. The number of rotatable bonds is 4. The number of nitrogens with zero attached hydrogens (tertiary/aromatic N) is 2. The van der Waals surface area contributed by atoms with E-state index in [0.29, 0.717) is 17.6 Å². The Morgan fingerprint density at radius 2 is 2.10 bits per heavy atom. The molecule has 1 aliphatic rings. The van der Waals surface area contributed by atoms with Crippen molar-refractivity contribution in [3.05, 3.63) is 11.9 Å². The molecule has 2 rings (SSSR count). The summed E-state index contributed by atoms with van der Waals surface area (Å²) in [6.45, 7) is 8.66. The first kappa shape index (κ1) is 15.4. The molecule has 20 heavy (non-hydrogen) atoms. The second-order valence-corrected chi connectivity index (χ2v) is 6.73. The highest BCUT2D eigenvalue weighted by atomic mass is 16.5. The third-order valence-corrected chi connectivity index (χ3v) is 4.62. The highest BCUT2D eigenvalue weighted by molar-refractivity contribution is 5.32. The molecule has 1 aliphatic carbocycles. The predicted molar refractivity (Wildman–Crippen MR) is 79.9 cm³/mol. The van der Waals surface area contributed by atoms with Gasteiger partial charge in [0.1, 0.15) is 11.3 Å². The Balaban J connectivity index is 2.40. The van der Waals surface area contributed by atoms with Crippen molar-refractivity contribution in [1.82, 2.24) is 9.78 Å². The van der Waals surface area contributed by atoms with E-state index in [1.807, 2.05) is 4.68 Å². The molecule has 1 heterocycles. The van der Waals surface area contributed by atoms with Gasteiger partial charge < -0.3 is 9.84 Å². The summed E-state index contributed by atoms with van der Waals surface area (Å²) >= 11 is 0. The van der Waals surface area contributed by atoms with Crippen molar-refractivity contribution >= 4 is 0 Å². The highest BCUT2D eigenvalue weighted by Gasteiger charge is 2.41. The van der Waals surface area contributed by atoms with Gasteiger partial charge in [0.25, 0.3) is 0 Å². The van der Waals surface area contributed by atoms with E-state index in [-0.39, 0.29) is 6.04 Å². The molecule has 114 valence electrons. The maximum Gasteiger partial charge on any atom is 0.162 e. The number of methoxy groups -OCH3 is 1. The lowest BCUT2D eigenvalue weighted by Crippen LogP contribution is -2.37. The van der Waals surface area contributed by atoms with Crippen molar-refractivity contribution in [2.24, 2.45) is 11.8 Å². The van der Waals surface area contributed by atoms with E-state index in [1.165, 1.54) is 6.42 Å². The van der Waals surface area contributed by atoms with Crippen molar-refractivity contribution in [1.29, 1.82) is 0 Å². The molecule has 1 aromatic rings. The summed E-state index contributed by atoms with van der Waals surface area (Å²) in [6, 6.07) is 0.220. The topological polar surface area (TPSA) is 47.3 Å². The summed E-state index contributed by atoms with van der Waals surface area (Å²) < 4.78 is 7.37. The summed E-state index contributed by atoms with van der Waals surface area (Å²) in [4.78, 5) is 0. The number of aliphatic hydroxyl groups is 1. The lowest BCUT2D eigenvalue weighted by molar-refractivity contribution is -0.0388. The number of hydrogen-bond acceptors (Lipinski definition) is 3. The average molecular weight is 280 g/mol. The van der Waals surface area contributed by atoms with Gasteiger partial charge in [-0.05, 0) is 51.4 Å². The molecule has 0 saturated heterocycles. The largest absolute Gasteiger partial charge is 0.493 e. The SMILES string of the molecule is COc1cnn(C(C)C)c1C1(O)CCCC(C(C)C)C1. The van der Waals surface area contributed by atoms with Crippen LogP contribution in [-0.4, -0.2) is 22.0 Å². The number of aromatic nitrogens is 2. The first-order chi connectivity index (χ1) is 9.39. The van der Waals surface area contributed by atoms with Crippen LogP contribution in [-0.2, 0) is 5.60 Å². The third kappa shape index (κ3) is 2.71. The molecule has 2 unspecified atom stereocenters. The summed E-state index contributed by atoms with van der Waals surface area (Å²) in [5.41, 5.74) is 0.0552. The van der Waals surface area contributed by atoms with Crippen molar-refractivity contribution in [2.45, 2.75) is 65.0 Å².